The van der Waals surface area contributed by atoms with Gasteiger partial charge in [-0.15, -0.1) is 0 Å². The lowest BCUT2D eigenvalue weighted by molar-refractivity contribution is 0.199. The first kappa shape index (κ1) is 14.2. The van der Waals surface area contributed by atoms with Gasteiger partial charge in [0.05, 0.1) is 0 Å². The Morgan fingerprint density at radius 2 is 1.95 bits per heavy atom. The molecule has 1 atom stereocenters. The van der Waals surface area contributed by atoms with Crippen molar-refractivity contribution in [1.82, 2.24) is 4.90 Å². The lowest BCUT2D eigenvalue weighted by Crippen LogP contribution is -2.36. The minimum atomic E-state index is -0.476. The van der Waals surface area contributed by atoms with Crippen molar-refractivity contribution in [2.45, 2.75) is 19.9 Å². The molecule has 2 amide bonds. The summed E-state index contributed by atoms with van der Waals surface area (Å²) in [5, 5.41) is 0.971. The molecule has 2 N–H and O–H groups in total. The molecular formula is C13H15Cl2N3O. The van der Waals surface area contributed by atoms with Crippen molar-refractivity contribution in [2.24, 2.45) is 16.6 Å². The first-order chi connectivity index (χ1) is 8.91. The van der Waals surface area contributed by atoms with Crippen LogP contribution in [0, 0.1) is 5.92 Å². The third kappa shape index (κ3) is 2.69. The highest BCUT2D eigenvalue weighted by molar-refractivity contribution is 6.36. The summed E-state index contributed by atoms with van der Waals surface area (Å²) in [6.07, 6.45) is 0. The second kappa shape index (κ2) is 5.39. The summed E-state index contributed by atoms with van der Waals surface area (Å²) in [5.41, 5.74) is 6.51. The van der Waals surface area contributed by atoms with Crippen LogP contribution in [0.3, 0.4) is 0 Å². The van der Waals surface area contributed by atoms with E-state index in [1.54, 1.807) is 23.1 Å². The maximum absolute atomic E-state index is 11.9. The van der Waals surface area contributed by atoms with Gasteiger partial charge in [-0.3, -0.25) is 0 Å². The number of hydrogen-bond acceptors (Lipinski definition) is 2. The normalized spacial score (nSPS) is 19.2. The fourth-order valence-corrected chi connectivity index (χ4v) is 2.76. The fraction of sp³-hybridized carbons (Fsp3) is 0.385. The van der Waals surface area contributed by atoms with Gasteiger partial charge in [-0.05, 0) is 18.1 Å². The number of urea groups is 1. The number of hydrogen-bond donors (Lipinski definition) is 1. The molecule has 1 aliphatic heterocycles. The maximum atomic E-state index is 11.9. The van der Waals surface area contributed by atoms with Gasteiger partial charge >= 0.3 is 6.03 Å². The minimum Gasteiger partial charge on any atom is -0.385 e. The molecule has 6 heteroatoms. The number of rotatable bonds is 3. The predicted octanol–water partition coefficient (Wildman–Crippen LogP) is 3.48. The van der Waals surface area contributed by atoms with Crippen LogP contribution in [-0.2, 0) is 0 Å². The van der Waals surface area contributed by atoms with E-state index in [0.717, 1.165) is 0 Å². The van der Waals surface area contributed by atoms with Crippen LogP contribution >= 0.6 is 23.2 Å². The third-order valence-corrected chi connectivity index (χ3v) is 3.56. The zero-order valence-electron chi connectivity index (χ0n) is 10.7. The molecule has 1 unspecified atom stereocenters. The molecular weight excluding hydrogens is 285 g/mol. The Balaban J connectivity index is 2.46. The van der Waals surface area contributed by atoms with Crippen molar-refractivity contribution in [3.05, 3.63) is 33.8 Å². The van der Waals surface area contributed by atoms with Gasteiger partial charge in [-0.1, -0.05) is 43.1 Å². The highest BCUT2D eigenvalue weighted by Crippen LogP contribution is 2.36. The summed E-state index contributed by atoms with van der Waals surface area (Å²) >= 11 is 12.4. The largest absolute Gasteiger partial charge is 0.385 e. The molecule has 0 aromatic heterocycles. The number of carbonyl (C=O) groups excluding carboxylic acids is 1. The van der Waals surface area contributed by atoms with E-state index in [9.17, 15) is 4.79 Å². The SMILES string of the molecule is CC(C)CN1C(=O)N=C(N)C1c1c(Cl)cccc1Cl. The molecule has 0 radical (unpaired) electrons. The summed E-state index contributed by atoms with van der Waals surface area (Å²) in [5.74, 6) is 0.537. The molecule has 1 heterocycles. The summed E-state index contributed by atoms with van der Waals surface area (Å²) < 4.78 is 0. The highest BCUT2D eigenvalue weighted by atomic mass is 35.5. The number of nitrogens with two attached hydrogens (primary N) is 1. The van der Waals surface area contributed by atoms with Gasteiger partial charge in [-0.2, -0.15) is 4.99 Å². The first-order valence-corrected chi connectivity index (χ1v) is 6.76. The maximum Gasteiger partial charge on any atom is 0.346 e. The number of carbonyl (C=O) groups is 1. The molecule has 0 aliphatic carbocycles. The molecule has 1 aromatic rings. The Bertz CT molecular complexity index is 522. The average Bonchev–Trinajstić information content (AvgIpc) is 2.55. The van der Waals surface area contributed by atoms with Crippen LogP contribution in [0.1, 0.15) is 25.5 Å². The van der Waals surface area contributed by atoms with E-state index in [2.05, 4.69) is 4.99 Å². The van der Waals surface area contributed by atoms with E-state index in [1.165, 1.54) is 0 Å². The first-order valence-electron chi connectivity index (χ1n) is 6.00. The van der Waals surface area contributed by atoms with E-state index in [1.807, 2.05) is 13.8 Å². The number of benzene rings is 1. The standard InChI is InChI=1S/C13H15Cl2N3O/c1-7(2)6-18-11(12(16)17-13(18)19)10-8(14)4-3-5-9(10)15/h3-5,7,11H,6H2,1-2H3,(H2,16,17,19). The number of amidine groups is 1. The quantitative estimate of drug-likeness (QED) is 0.929. The van der Waals surface area contributed by atoms with E-state index >= 15 is 0 Å². The topological polar surface area (TPSA) is 58.7 Å². The summed E-state index contributed by atoms with van der Waals surface area (Å²) in [7, 11) is 0. The van der Waals surface area contributed by atoms with Gasteiger partial charge in [0.1, 0.15) is 11.9 Å². The highest BCUT2D eigenvalue weighted by Gasteiger charge is 2.37. The monoisotopic (exact) mass is 299 g/mol. The van der Waals surface area contributed by atoms with E-state index in [4.69, 9.17) is 28.9 Å². The minimum absolute atomic E-state index is 0.237. The lowest BCUT2D eigenvalue weighted by Gasteiger charge is -2.27. The number of halogens is 2. The summed E-state index contributed by atoms with van der Waals surface area (Å²) in [6, 6.07) is 4.40. The Morgan fingerprint density at radius 1 is 1.37 bits per heavy atom. The fourth-order valence-electron chi connectivity index (χ4n) is 2.16. The molecule has 1 aromatic carbocycles. The van der Waals surface area contributed by atoms with Crippen molar-refractivity contribution in [3.63, 3.8) is 0 Å². The number of amides is 2. The molecule has 102 valence electrons. The Hall–Kier alpha value is -1.26. The molecule has 0 spiro atoms. The van der Waals surface area contributed by atoms with Crippen LogP contribution in [0.15, 0.2) is 23.2 Å². The Labute approximate surface area is 122 Å². The van der Waals surface area contributed by atoms with Crippen LogP contribution in [-0.4, -0.2) is 23.3 Å². The molecule has 4 nitrogen and oxygen atoms in total. The van der Waals surface area contributed by atoms with Gasteiger partial charge in [0, 0.05) is 22.2 Å². The van der Waals surface area contributed by atoms with Gasteiger partial charge in [0.25, 0.3) is 0 Å². The van der Waals surface area contributed by atoms with E-state index in [-0.39, 0.29) is 11.9 Å². The van der Waals surface area contributed by atoms with E-state index in [0.29, 0.717) is 28.1 Å². The molecule has 2 rings (SSSR count). The Morgan fingerprint density at radius 3 is 2.47 bits per heavy atom. The van der Waals surface area contributed by atoms with Crippen molar-refractivity contribution in [3.8, 4) is 0 Å². The third-order valence-electron chi connectivity index (χ3n) is 2.90. The number of aliphatic imine (C=N–C) groups is 1. The van der Waals surface area contributed by atoms with Gasteiger partial charge in [0.2, 0.25) is 0 Å². The van der Waals surface area contributed by atoms with E-state index < -0.39 is 6.04 Å². The average molecular weight is 300 g/mol. The van der Waals surface area contributed by atoms with Crippen molar-refractivity contribution < 1.29 is 4.79 Å². The second-order valence-electron chi connectivity index (χ2n) is 4.90. The second-order valence-corrected chi connectivity index (χ2v) is 5.72. The van der Waals surface area contributed by atoms with Crippen molar-refractivity contribution in [2.75, 3.05) is 6.54 Å². The summed E-state index contributed by atoms with van der Waals surface area (Å²) in [6.45, 7) is 4.59. The van der Waals surface area contributed by atoms with Crippen molar-refractivity contribution in [1.29, 1.82) is 0 Å². The smallest absolute Gasteiger partial charge is 0.346 e. The zero-order valence-corrected chi connectivity index (χ0v) is 12.2. The molecule has 0 saturated heterocycles. The molecule has 19 heavy (non-hydrogen) atoms. The summed E-state index contributed by atoms with van der Waals surface area (Å²) in [4.78, 5) is 17.3. The van der Waals surface area contributed by atoms with Crippen LogP contribution in [0.25, 0.3) is 0 Å². The molecule has 0 saturated carbocycles. The lowest BCUT2D eigenvalue weighted by atomic mass is 10.0. The predicted molar refractivity (Wildman–Crippen MR) is 77.8 cm³/mol. The molecule has 0 bridgehead atoms. The van der Waals surface area contributed by atoms with Crippen LogP contribution in [0.2, 0.25) is 10.0 Å². The van der Waals surface area contributed by atoms with Gasteiger partial charge < -0.3 is 10.6 Å². The van der Waals surface area contributed by atoms with Crippen LogP contribution in [0.4, 0.5) is 4.79 Å². The van der Waals surface area contributed by atoms with Crippen LogP contribution < -0.4 is 5.73 Å². The van der Waals surface area contributed by atoms with Crippen molar-refractivity contribution >= 4 is 35.1 Å². The molecule has 1 aliphatic rings. The van der Waals surface area contributed by atoms with Gasteiger partial charge in [0.15, 0.2) is 0 Å². The Kier molecular flexibility index (Phi) is 4.02. The zero-order chi connectivity index (χ0) is 14.2. The number of nitrogens with zero attached hydrogens (tertiary/aromatic N) is 2. The molecule has 0 fully saturated rings. The van der Waals surface area contributed by atoms with Gasteiger partial charge in [-0.25, -0.2) is 4.79 Å². The van der Waals surface area contributed by atoms with Crippen LogP contribution in [0.5, 0.6) is 0 Å².